The molecule has 0 radical (unpaired) electrons. The van der Waals surface area contributed by atoms with Gasteiger partial charge in [0.1, 0.15) is 18.1 Å². The van der Waals surface area contributed by atoms with E-state index in [4.69, 9.17) is 13.9 Å². The van der Waals surface area contributed by atoms with Crippen LogP contribution in [0.1, 0.15) is 29.9 Å². The van der Waals surface area contributed by atoms with E-state index in [9.17, 15) is 0 Å². The smallest absolute Gasteiger partial charge is 0.191 e. The minimum absolute atomic E-state index is 0. The van der Waals surface area contributed by atoms with Gasteiger partial charge >= 0.3 is 0 Å². The number of benzene rings is 1. The molecule has 2 rings (SSSR count). The molecule has 2 aromatic rings. The van der Waals surface area contributed by atoms with E-state index in [-0.39, 0.29) is 30.0 Å². The highest BCUT2D eigenvalue weighted by Gasteiger charge is 2.17. The average Bonchev–Trinajstić information content (AvgIpc) is 3.23. The van der Waals surface area contributed by atoms with Crippen molar-refractivity contribution in [2.24, 2.45) is 4.99 Å². The molecule has 0 saturated heterocycles. The fraction of sp³-hybridized carbons (Fsp3) is 0.500. The van der Waals surface area contributed by atoms with Gasteiger partial charge in [-0.15, -0.1) is 24.0 Å². The van der Waals surface area contributed by atoms with Crippen LogP contribution in [0.4, 0.5) is 0 Å². The minimum Gasteiger partial charge on any atom is -0.491 e. The van der Waals surface area contributed by atoms with Gasteiger partial charge in [0.05, 0.1) is 18.9 Å². The van der Waals surface area contributed by atoms with E-state index in [1.807, 2.05) is 33.2 Å². The van der Waals surface area contributed by atoms with Gasteiger partial charge in [-0.05, 0) is 51.7 Å². The lowest BCUT2D eigenvalue weighted by molar-refractivity contribution is 0.110. The molecule has 0 aliphatic carbocycles. The number of aliphatic imine (C=N–C) groups is 1. The van der Waals surface area contributed by atoms with Gasteiger partial charge in [-0.1, -0.05) is 12.1 Å². The Morgan fingerprint density at radius 1 is 1.20 bits per heavy atom. The van der Waals surface area contributed by atoms with Crippen LogP contribution in [-0.4, -0.2) is 58.4 Å². The zero-order valence-corrected chi connectivity index (χ0v) is 20.9. The summed E-state index contributed by atoms with van der Waals surface area (Å²) in [6, 6.07) is 10.2. The molecule has 0 bridgehead atoms. The fourth-order valence-corrected chi connectivity index (χ4v) is 2.91. The van der Waals surface area contributed by atoms with Crippen LogP contribution in [0, 0.1) is 6.92 Å². The van der Waals surface area contributed by atoms with E-state index >= 15 is 0 Å². The van der Waals surface area contributed by atoms with Crippen molar-refractivity contribution in [1.82, 2.24) is 15.5 Å². The Morgan fingerprint density at radius 2 is 2.00 bits per heavy atom. The maximum Gasteiger partial charge on any atom is 0.191 e. The highest BCUT2D eigenvalue weighted by Crippen LogP contribution is 2.20. The highest BCUT2D eigenvalue weighted by molar-refractivity contribution is 14.0. The molecule has 1 unspecified atom stereocenters. The molecular weight excluding hydrogens is 495 g/mol. The molecule has 2 N–H and O–H groups in total. The number of furan rings is 1. The molecule has 0 aliphatic rings. The predicted molar refractivity (Wildman–Crippen MR) is 132 cm³/mol. The maximum atomic E-state index is 5.92. The third kappa shape index (κ3) is 8.53. The van der Waals surface area contributed by atoms with E-state index in [2.05, 4.69) is 45.6 Å². The third-order valence-corrected chi connectivity index (χ3v) is 4.54. The number of aryl methyl sites for hydroxylation is 1. The van der Waals surface area contributed by atoms with Crippen LogP contribution in [0.5, 0.6) is 5.75 Å². The number of halogens is 1. The summed E-state index contributed by atoms with van der Waals surface area (Å²) in [4.78, 5) is 6.45. The zero-order valence-electron chi connectivity index (χ0n) is 18.6. The van der Waals surface area contributed by atoms with Gasteiger partial charge < -0.3 is 24.5 Å². The van der Waals surface area contributed by atoms with Gasteiger partial charge in [0.15, 0.2) is 5.96 Å². The summed E-state index contributed by atoms with van der Waals surface area (Å²) in [5.74, 6) is 2.51. The van der Waals surface area contributed by atoms with Crippen LogP contribution in [0.3, 0.4) is 0 Å². The fourth-order valence-electron chi connectivity index (χ4n) is 2.91. The Kier molecular flexibility index (Phi) is 12.5. The molecule has 0 fully saturated rings. The molecule has 1 aromatic heterocycles. The summed E-state index contributed by atoms with van der Waals surface area (Å²) >= 11 is 0. The standard InChI is InChI=1S/C22H34N4O3.HI/c1-6-27-12-13-29-21-14-17(2)9-10-18(21)15-24-22(23-3)25-16-19(26(4)5)20-8-7-11-28-20;/h7-11,14,19H,6,12-13,15-16H2,1-5H3,(H2,23,24,25);1H. The van der Waals surface area contributed by atoms with Crippen molar-refractivity contribution in [3.63, 3.8) is 0 Å². The normalized spacial score (nSPS) is 12.4. The summed E-state index contributed by atoms with van der Waals surface area (Å²) in [5.41, 5.74) is 2.24. The van der Waals surface area contributed by atoms with E-state index < -0.39 is 0 Å². The predicted octanol–water partition coefficient (Wildman–Crippen LogP) is 3.59. The number of nitrogens with one attached hydrogen (secondary N) is 2. The third-order valence-electron chi connectivity index (χ3n) is 4.54. The van der Waals surface area contributed by atoms with E-state index in [0.29, 0.717) is 32.9 Å². The van der Waals surface area contributed by atoms with Crippen LogP contribution in [0.15, 0.2) is 46.0 Å². The van der Waals surface area contributed by atoms with E-state index in [1.54, 1.807) is 13.3 Å². The van der Waals surface area contributed by atoms with Gasteiger partial charge in [-0.3, -0.25) is 9.89 Å². The van der Waals surface area contributed by atoms with Crippen LogP contribution >= 0.6 is 24.0 Å². The molecule has 1 atom stereocenters. The van der Waals surface area contributed by atoms with Gasteiger partial charge in [-0.25, -0.2) is 0 Å². The molecule has 1 heterocycles. The molecule has 0 saturated carbocycles. The second-order valence-corrected chi connectivity index (χ2v) is 6.96. The van der Waals surface area contributed by atoms with Crippen molar-refractivity contribution in [3.05, 3.63) is 53.5 Å². The SMILES string of the molecule is CCOCCOc1cc(C)ccc1CNC(=NC)NCC(c1ccco1)N(C)C.I. The molecule has 8 heteroatoms. The lowest BCUT2D eigenvalue weighted by Gasteiger charge is -2.24. The molecule has 0 amide bonds. The largest absolute Gasteiger partial charge is 0.491 e. The number of hydrogen-bond acceptors (Lipinski definition) is 5. The summed E-state index contributed by atoms with van der Waals surface area (Å²) in [6.07, 6.45) is 1.70. The highest BCUT2D eigenvalue weighted by atomic mass is 127. The van der Waals surface area contributed by atoms with Crippen molar-refractivity contribution in [2.75, 3.05) is 47.5 Å². The first-order valence-corrected chi connectivity index (χ1v) is 9.99. The Labute approximate surface area is 197 Å². The van der Waals surface area contributed by atoms with Crippen LogP contribution in [0.2, 0.25) is 0 Å². The molecular formula is C22H35IN4O3. The van der Waals surface area contributed by atoms with Crippen molar-refractivity contribution in [2.45, 2.75) is 26.4 Å². The first kappa shape index (κ1) is 26.3. The van der Waals surface area contributed by atoms with Crippen LogP contribution in [-0.2, 0) is 11.3 Å². The molecule has 0 spiro atoms. The Morgan fingerprint density at radius 3 is 2.63 bits per heavy atom. The maximum absolute atomic E-state index is 5.92. The van der Waals surface area contributed by atoms with Crippen LogP contribution in [0.25, 0.3) is 0 Å². The topological polar surface area (TPSA) is 71.3 Å². The Hall–Kier alpha value is -1.78. The Bertz CT molecular complexity index is 751. The summed E-state index contributed by atoms with van der Waals surface area (Å²) < 4.78 is 16.8. The summed E-state index contributed by atoms with van der Waals surface area (Å²) in [7, 11) is 5.83. The number of likely N-dealkylation sites (N-methyl/N-ethyl adjacent to an activating group) is 1. The van der Waals surface area contributed by atoms with Gasteiger partial charge in [-0.2, -0.15) is 0 Å². The zero-order chi connectivity index (χ0) is 21.1. The Balaban J connectivity index is 0.00000450. The minimum atomic E-state index is 0. The number of hydrogen-bond donors (Lipinski definition) is 2. The number of nitrogens with zero attached hydrogens (tertiary/aromatic N) is 2. The first-order chi connectivity index (χ1) is 14.0. The molecule has 1 aromatic carbocycles. The van der Waals surface area contributed by atoms with Gasteiger partial charge in [0.25, 0.3) is 0 Å². The lowest BCUT2D eigenvalue weighted by Crippen LogP contribution is -2.41. The lowest BCUT2D eigenvalue weighted by atomic mass is 10.1. The van der Waals surface area contributed by atoms with Crippen LogP contribution < -0.4 is 15.4 Å². The van der Waals surface area contributed by atoms with E-state index in [1.165, 1.54) is 0 Å². The van der Waals surface area contributed by atoms with Crippen molar-refractivity contribution in [3.8, 4) is 5.75 Å². The molecule has 0 aliphatic heterocycles. The van der Waals surface area contributed by atoms with E-state index in [0.717, 1.165) is 28.6 Å². The van der Waals surface area contributed by atoms with Crippen molar-refractivity contribution < 1.29 is 13.9 Å². The van der Waals surface area contributed by atoms with Gasteiger partial charge in [0, 0.05) is 32.3 Å². The molecule has 7 nitrogen and oxygen atoms in total. The van der Waals surface area contributed by atoms with Gasteiger partial charge in [0.2, 0.25) is 0 Å². The monoisotopic (exact) mass is 530 g/mol. The molecule has 168 valence electrons. The van der Waals surface area contributed by atoms with Crippen molar-refractivity contribution in [1.29, 1.82) is 0 Å². The van der Waals surface area contributed by atoms with Crippen molar-refractivity contribution >= 4 is 29.9 Å². The first-order valence-electron chi connectivity index (χ1n) is 9.99. The second kappa shape index (κ2) is 14.3. The quantitative estimate of drug-likeness (QED) is 0.200. The number of ether oxygens (including phenoxy) is 2. The molecule has 30 heavy (non-hydrogen) atoms. The second-order valence-electron chi connectivity index (χ2n) is 6.96. The summed E-state index contributed by atoms with van der Waals surface area (Å²) in [6.45, 7) is 7.13. The summed E-state index contributed by atoms with van der Waals surface area (Å²) in [5, 5.41) is 6.74. The number of rotatable bonds is 11. The number of guanidine groups is 1. The average molecular weight is 530 g/mol.